The summed E-state index contributed by atoms with van der Waals surface area (Å²) in [7, 11) is 0. The lowest BCUT2D eigenvalue weighted by Gasteiger charge is -2.22. The zero-order valence-corrected chi connectivity index (χ0v) is 18.1. The summed E-state index contributed by atoms with van der Waals surface area (Å²) in [6.07, 6.45) is 5.83. The Bertz CT molecular complexity index is 738. The van der Waals surface area contributed by atoms with Gasteiger partial charge in [-0.25, -0.2) is 0 Å². The van der Waals surface area contributed by atoms with Gasteiger partial charge in [-0.1, -0.05) is 62.2 Å². The van der Waals surface area contributed by atoms with Gasteiger partial charge < -0.3 is 15.1 Å². The van der Waals surface area contributed by atoms with Crippen LogP contribution in [0, 0.1) is 5.92 Å². The second kappa shape index (κ2) is 11.9. The van der Waals surface area contributed by atoms with Crippen LogP contribution in [0.1, 0.15) is 57.4 Å². The predicted molar refractivity (Wildman–Crippen MR) is 115 cm³/mol. The molecule has 1 fully saturated rings. The number of carboxylic acid groups (broad SMARTS) is 1. The van der Waals surface area contributed by atoms with Crippen molar-refractivity contribution in [3.63, 3.8) is 0 Å². The number of hydrogen-bond acceptors (Lipinski definition) is 3. The van der Waals surface area contributed by atoms with Gasteiger partial charge in [-0.3, -0.25) is 9.59 Å². The van der Waals surface area contributed by atoms with Crippen LogP contribution in [-0.2, 0) is 16.0 Å². The average Bonchev–Trinajstić information content (AvgIpc) is 2.95. The molecule has 1 aromatic carbocycles. The lowest BCUT2D eigenvalue weighted by molar-refractivity contribution is -0.148. The van der Waals surface area contributed by atoms with E-state index >= 15 is 0 Å². The van der Waals surface area contributed by atoms with Gasteiger partial charge in [-0.15, -0.1) is 0 Å². The van der Waals surface area contributed by atoms with E-state index in [1.165, 1.54) is 22.6 Å². The molecule has 1 amide bonds. The topological polar surface area (TPSA) is 77.8 Å². The van der Waals surface area contributed by atoms with Crippen molar-refractivity contribution in [3.05, 3.63) is 48.0 Å². The number of carbonyl (C=O) groups is 2. The first-order chi connectivity index (χ1) is 14.7. The number of unbranched alkanes of at least 4 members (excludes halogenated alkanes) is 3. The fraction of sp³-hybridized carbons (Fsp3) is 0.583. The van der Waals surface area contributed by atoms with Gasteiger partial charge in [0, 0.05) is 19.4 Å². The van der Waals surface area contributed by atoms with Crippen molar-refractivity contribution in [2.45, 2.75) is 76.4 Å². The summed E-state index contributed by atoms with van der Waals surface area (Å²) in [5.74, 6) is -5.45. The number of rotatable bonds is 13. The molecular weight excluding hydrogens is 404 g/mol. The summed E-state index contributed by atoms with van der Waals surface area (Å²) in [4.78, 5) is 23.8. The van der Waals surface area contributed by atoms with Crippen LogP contribution in [0.15, 0.2) is 42.5 Å². The highest BCUT2D eigenvalue weighted by Crippen LogP contribution is 2.34. The Morgan fingerprint density at radius 3 is 2.58 bits per heavy atom. The molecule has 3 atom stereocenters. The van der Waals surface area contributed by atoms with Gasteiger partial charge in [-0.05, 0) is 37.2 Å². The van der Waals surface area contributed by atoms with Gasteiger partial charge in [0.2, 0.25) is 0 Å². The normalized spacial score (nSPS) is 20.3. The number of aliphatic hydroxyl groups excluding tert-OH is 1. The molecule has 1 aliphatic rings. The number of nitrogens with zero attached hydrogens (tertiary/aromatic N) is 1. The third-order valence-corrected chi connectivity index (χ3v) is 5.82. The van der Waals surface area contributed by atoms with Crippen molar-refractivity contribution in [1.82, 2.24) is 4.90 Å². The van der Waals surface area contributed by atoms with E-state index in [0.29, 0.717) is 25.7 Å². The third-order valence-electron chi connectivity index (χ3n) is 5.82. The molecular formula is C24H33F2NO4. The van der Waals surface area contributed by atoms with E-state index in [-0.39, 0.29) is 18.9 Å². The van der Waals surface area contributed by atoms with Crippen molar-refractivity contribution in [3.8, 4) is 0 Å². The smallest absolute Gasteiger partial charge is 0.327 e. The van der Waals surface area contributed by atoms with Crippen molar-refractivity contribution in [1.29, 1.82) is 0 Å². The number of aliphatic hydroxyl groups is 1. The number of amides is 1. The first kappa shape index (κ1) is 25.0. The molecule has 0 radical (unpaired) electrons. The summed E-state index contributed by atoms with van der Waals surface area (Å²) in [6, 6.07) is 9.20. The zero-order chi connectivity index (χ0) is 22.9. The summed E-state index contributed by atoms with van der Waals surface area (Å²) in [5, 5.41) is 19.1. The lowest BCUT2D eigenvalue weighted by atomic mass is 9.95. The van der Waals surface area contributed by atoms with E-state index in [9.17, 15) is 23.5 Å². The van der Waals surface area contributed by atoms with Crippen molar-refractivity contribution in [2.75, 3.05) is 6.54 Å². The minimum atomic E-state index is -3.39. The van der Waals surface area contributed by atoms with Crippen molar-refractivity contribution in [2.24, 2.45) is 5.92 Å². The summed E-state index contributed by atoms with van der Waals surface area (Å²) >= 11 is 0. The lowest BCUT2D eigenvalue weighted by Crippen LogP contribution is -2.36. The van der Waals surface area contributed by atoms with Crippen LogP contribution in [0.2, 0.25) is 0 Å². The molecule has 7 heteroatoms. The number of hydrogen-bond donors (Lipinski definition) is 2. The quantitative estimate of drug-likeness (QED) is 0.353. The molecule has 0 spiro atoms. The highest BCUT2D eigenvalue weighted by atomic mass is 19.3. The molecule has 1 aliphatic heterocycles. The Morgan fingerprint density at radius 2 is 1.90 bits per heavy atom. The minimum Gasteiger partial charge on any atom is -0.481 e. The number of benzene rings is 1. The first-order valence-electron chi connectivity index (χ1n) is 11.0. The van der Waals surface area contributed by atoms with Gasteiger partial charge >= 0.3 is 11.9 Å². The van der Waals surface area contributed by atoms with E-state index in [1.807, 2.05) is 37.3 Å². The number of likely N-dealkylation sites (tertiary alicyclic amines) is 1. The number of aliphatic carboxylic acids is 1. The van der Waals surface area contributed by atoms with E-state index < -0.39 is 36.4 Å². The minimum absolute atomic E-state index is 0.0447. The second-order valence-electron chi connectivity index (χ2n) is 8.41. The number of aryl methyl sites for hydroxylation is 1. The molecule has 1 heterocycles. The van der Waals surface area contributed by atoms with Crippen LogP contribution in [-0.4, -0.2) is 51.6 Å². The van der Waals surface area contributed by atoms with Gasteiger partial charge in [0.05, 0.1) is 12.1 Å². The second-order valence-corrected chi connectivity index (χ2v) is 8.41. The number of alkyl halides is 2. The largest absolute Gasteiger partial charge is 0.481 e. The summed E-state index contributed by atoms with van der Waals surface area (Å²) in [6.45, 7) is 2.12. The molecule has 0 aromatic heterocycles. The number of carboxylic acids is 1. The maximum Gasteiger partial charge on any atom is 0.327 e. The van der Waals surface area contributed by atoms with Gasteiger partial charge in [0.1, 0.15) is 0 Å². The molecule has 172 valence electrons. The van der Waals surface area contributed by atoms with Crippen LogP contribution >= 0.6 is 0 Å². The Morgan fingerprint density at radius 1 is 1.23 bits per heavy atom. The number of halogens is 2. The van der Waals surface area contributed by atoms with E-state index in [2.05, 4.69) is 0 Å². The van der Waals surface area contributed by atoms with Crippen molar-refractivity contribution >= 4 is 11.9 Å². The Balaban J connectivity index is 1.84. The Kier molecular flexibility index (Phi) is 9.62. The van der Waals surface area contributed by atoms with Crippen LogP contribution in [0.25, 0.3) is 0 Å². The summed E-state index contributed by atoms with van der Waals surface area (Å²) in [5.41, 5.74) is 1.18. The third kappa shape index (κ3) is 8.05. The van der Waals surface area contributed by atoms with Gasteiger partial charge in [0.15, 0.2) is 0 Å². The predicted octanol–water partition coefficient (Wildman–Crippen LogP) is 4.44. The maximum absolute atomic E-state index is 14.0. The fourth-order valence-corrected chi connectivity index (χ4v) is 3.81. The van der Waals surface area contributed by atoms with E-state index in [4.69, 9.17) is 5.11 Å². The van der Waals surface area contributed by atoms with Crippen LogP contribution in [0.3, 0.4) is 0 Å². The van der Waals surface area contributed by atoms with Crippen LogP contribution < -0.4 is 0 Å². The Hall–Kier alpha value is -2.28. The SMILES string of the molecule is C[C@@H](CCc1ccccc1)[C@@H](O)C=C[C@H]1CC(F)(F)C(=O)N1CCCCCCC(=O)O. The van der Waals surface area contributed by atoms with E-state index in [1.54, 1.807) is 0 Å². The molecule has 0 saturated carbocycles. The zero-order valence-electron chi connectivity index (χ0n) is 18.1. The molecule has 2 N–H and O–H groups in total. The molecule has 31 heavy (non-hydrogen) atoms. The fourth-order valence-electron chi connectivity index (χ4n) is 3.81. The first-order valence-corrected chi connectivity index (χ1v) is 11.0. The monoisotopic (exact) mass is 437 g/mol. The van der Waals surface area contributed by atoms with E-state index in [0.717, 1.165) is 12.8 Å². The highest BCUT2D eigenvalue weighted by Gasteiger charge is 2.52. The van der Waals surface area contributed by atoms with Crippen LogP contribution in [0.4, 0.5) is 8.78 Å². The average molecular weight is 438 g/mol. The molecule has 1 aromatic rings. The van der Waals surface area contributed by atoms with Gasteiger partial charge in [-0.2, -0.15) is 8.78 Å². The molecule has 2 rings (SSSR count). The highest BCUT2D eigenvalue weighted by molar-refractivity contribution is 5.86. The molecule has 5 nitrogen and oxygen atoms in total. The van der Waals surface area contributed by atoms with Crippen LogP contribution in [0.5, 0.6) is 0 Å². The summed E-state index contributed by atoms with van der Waals surface area (Å²) < 4.78 is 28.0. The van der Waals surface area contributed by atoms with Gasteiger partial charge in [0.25, 0.3) is 5.91 Å². The molecule has 1 saturated heterocycles. The Labute approximate surface area is 182 Å². The maximum atomic E-state index is 14.0. The standard InChI is InChI=1S/C24H33F2NO4/c1-18(12-13-19-9-5-4-6-10-19)21(28)15-14-20-17-24(25,26)23(31)27(20)16-8-3-2-7-11-22(29)30/h4-6,9-10,14-15,18,20-21,28H,2-3,7-8,11-13,16-17H2,1H3,(H,29,30)/t18-,20-,21-/m0/s1. The molecule has 0 bridgehead atoms. The molecule has 0 aliphatic carbocycles. The molecule has 0 unspecified atom stereocenters. The van der Waals surface area contributed by atoms with Crippen molar-refractivity contribution < 1.29 is 28.6 Å². The number of carbonyl (C=O) groups excluding carboxylic acids is 1.